The summed E-state index contributed by atoms with van der Waals surface area (Å²) in [6.07, 6.45) is 0.646. The summed E-state index contributed by atoms with van der Waals surface area (Å²) in [5.74, 6) is -2.46. The molecule has 5 heteroatoms. The fourth-order valence-electron chi connectivity index (χ4n) is 2.62. The van der Waals surface area contributed by atoms with Gasteiger partial charge in [0.15, 0.2) is 0 Å². The maximum Gasteiger partial charge on any atom is 0.276 e. The van der Waals surface area contributed by atoms with Crippen LogP contribution in [0.1, 0.15) is 12.0 Å². The van der Waals surface area contributed by atoms with Crippen LogP contribution in [0.25, 0.3) is 11.1 Å². The Labute approximate surface area is 142 Å². The quantitative estimate of drug-likeness (QED) is 0.384. The van der Waals surface area contributed by atoms with Crippen molar-refractivity contribution in [2.24, 2.45) is 0 Å². The lowest BCUT2D eigenvalue weighted by Gasteiger charge is -2.24. The second-order valence-electron chi connectivity index (χ2n) is 6.16. The van der Waals surface area contributed by atoms with Crippen molar-refractivity contribution in [3.63, 3.8) is 0 Å². The molecule has 0 saturated carbocycles. The van der Waals surface area contributed by atoms with Gasteiger partial charge in [-0.3, -0.25) is 0 Å². The molecule has 2 aromatic carbocycles. The van der Waals surface area contributed by atoms with E-state index >= 15 is 0 Å². The van der Waals surface area contributed by atoms with Gasteiger partial charge in [-0.25, -0.2) is 8.78 Å². The summed E-state index contributed by atoms with van der Waals surface area (Å²) in [7, 11) is -1.83. The van der Waals surface area contributed by atoms with Crippen LogP contribution in [0, 0.1) is 0 Å². The third kappa shape index (κ3) is 3.90. The molecule has 0 atom stereocenters. The molecule has 0 bridgehead atoms. The van der Waals surface area contributed by atoms with E-state index in [4.69, 9.17) is 4.74 Å². The molecular formula is C19H21F3OSi. The topological polar surface area (TPSA) is 9.23 Å². The Hall–Kier alpha value is -2.01. The van der Waals surface area contributed by atoms with Gasteiger partial charge in [0.2, 0.25) is 0 Å². The number of alkyl halides is 2. The maximum absolute atomic E-state index is 14.5. The highest BCUT2D eigenvalue weighted by Crippen LogP contribution is 2.35. The second kappa shape index (κ2) is 6.85. The molecule has 2 rings (SSSR count). The van der Waals surface area contributed by atoms with Crippen molar-refractivity contribution in [1.29, 1.82) is 0 Å². The molecule has 0 saturated heterocycles. The Kier molecular flexibility index (Phi) is 5.23. The SMILES string of the molecule is C=CCC(F)(F)c1cc(-c2ccc(OC)cc2)ccc1[Si](C)(C)F. The Morgan fingerprint density at radius 1 is 1.08 bits per heavy atom. The molecule has 0 aliphatic heterocycles. The second-order valence-corrected chi connectivity index (χ2v) is 9.64. The van der Waals surface area contributed by atoms with Crippen molar-refractivity contribution in [1.82, 2.24) is 0 Å². The highest BCUT2D eigenvalue weighted by molar-refractivity contribution is 6.84. The van der Waals surface area contributed by atoms with E-state index in [2.05, 4.69) is 6.58 Å². The predicted octanol–water partition coefficient (Wildman–Crippen LogP) is 5.41. The lowest BCUT2D eigenvalue weighted by Crippen LogP contribution is -2.42. The fraction of sp³-hybridized carbons (Fsp3) is 0.263. The van der Waals surface area contributed by atoms with Crippen LogP contribution in [0.15, 0.2) is 55.1 Å². The number of methoxy groups -OCH3 is 1. The molecule has 0 fully saturated rings. The number of hydrogen-bond acceptors (Lipinski definition) is 1. The van der Waals surface area contributed by atoms with Crippen molar-refractivity contribution in [2.45, 2.75) is 25.4 Å². The minimum Gasteiger partial charge on any atom is -0.497 e. The molecule has 0 N–H and O–H groups in total. The molecule has 128 valence electrons. The van der Waals surface area contributed by atoms with Crippen LogP contribution in [0.2, 0.25) is 13.1 Å². The smallest absolute Gasteiger partial charge is 0.276 e. The van der Waals surface area contributed by atoms with Crippen LogP contribution in [0.4, 0.5) is 12.9 Å². The van der Waals surface area contributed by atoms with Crippen LogP contribution in [-0.4, -0.2) is 15.5 Å². The fourth-order valence-corrected chi connectivity index (χ4v) is 3.99. The third-order valence-corrected chi connectivity index (χ3v) is 5.60. The molecule has 1 nitrogen and oxygen atoms in total. The van der Waals surface area contributed by atoms with Gasteiger partial charge in [0, 0.05) is 12.0 Å². The molecule has 24 heavy (non-hydrogen) atoms. The first-order chi connectivity index (χ1) is 11.2. The van der Waals surface area contributed by atoms with E-state index in [9.17, 15) is 12.9 Å². The van der Waals surface area contributed by atoms with E-state index in [0.717, 1.165) is 11.6 Å². The van der Waals surface area contributed by atoms with E-state index in [1.165, 1.54) is 25.2 Å². The molecule has 0 radical (unpaired) electrons. The van der Waals surface area contributed by atoms with Crippen LogP contribution in [-0.2, 0) is 5.92 Å². The maximum atomic E-state index is 14.5. The largest absolute Gasteiger partial charge is 0.497 e. The highest BCUT2D eigenvalue weighted by Gasteiger charge is 2.38. The number of ether oxygens (including phenoxy) is 1. The Morgan fingerprint density at radius 2 is 1.67 bits per heavy atom. The number of allylic oxidation sites excluding steroid dienone is 1. The Balaban J connectivity index is 2.58. The highest BCUT2D eigenvalue weighted by atomic mass is 28.4. The number of rotatable bonds is 6. The van der Waals surface area contributed by atoms with Gasteiger partial charge in [0.25, 0.3) is 14.3 Å². The normalized spacial score (nSPS) is 12.1. The third-order valence-electron chi connectivity index (χ3n) is 3.88. The summed E-state index contributed by atoms with van der Waals surface area (Å²) in [4.78, 5) is 0. The minimum absolute atomic E-state index is 0.131. The molecular weight excluding hydrogens is 329 g/mol. The van der Waals surface area contributed by atoms with Crippen LogP contribution >= 0.6 is 0 Å². The zero-order valence-electron chi connectivity index (χ0n) is 14.1. The molecule has 0 spiro atoms. The van der Waals surface area contributed by atoms with Crippen molar-refractivity contribution in [2.75, 3.05) is 7.11 Å². The van der Waals surface area contributed by atoms with Crippen molar-refractivity contribution < 1.29 is 17.6 Å². The van der Waals surface area contributed by atoms with Gasteiger partial charge in [-0.1, -0.05) is 30.3 Å². The number of hydrogen-bond donors (Lipinski definition) is 0. The van der Waals surface area contributed by atoms with Gasteiger partial charge in [0.1, 0.15) is 5.75 Å². The van der Waals surface area contributed by atoms with Gasteiger partial charge < -0.3 is 8.84 Å². The first-order valence-corrected chi connectivity index (χ1v) is 10.5. The molecule has 0 unspecified atom stereocenters. The van der Waals surface area contributed by atoms with Crippen molar-refractivity contribution in [3.8, 4) is 16.9 Å². The van der Waals surface area contributed by atoms with Crippen LogP contribution in [0.3, 0.4) is 0 Å². The van der Waals surface area contributed by atoms with Gasteiger partial charge in [-0.15, -0.1) is 6.58 Å². The summed E-state index contributed by atoms with van der Waals surface area (Å²) in [6, 6.07) is 11.7. The number of halogens is 3. The predicted molar refractivity (Wildman–Crippen MR) is 95.4 cm³/mol. The van der Waals surface area contributed by atoms with Crippen LogP contribution in [0.5, 0.6) is 5.75 Å². The van der Waals surface area contributed by atoms with Gasteiger partial charge in [-0.05, 0) is 47.6 Å². The Morgan fingerprint density at radius 3 is 2.17 bits per heavy atom. The molecule has 2 aromatic rings. The lowest BCUT2D eigenvalue weighted by molar-refractivity contribution is 0.000125. The summed E-state index contributed by atoms with van der Waals surface area (Å²) < 4.78 is 48.7. The van der Waals surface area contributed by atoms with Gasteiger partial charge >= 0.3 is 0 Å². The monoisotopic (exact) mass is 350 g/mol. The summed E-state index contributed by atoms with van der Waals surface area (Å²) in [6.45, 7) is 6.23. The van der Waals surface area contributed by atoms with Gasteiger partial charge in [-0.2, -0.15) is 0 Å². The molecule has 0 aliphatic rings. The van der Waals surface area contributed by atoms with Gasteiger partial charge in [0.05, 0.1) is 7.11 Å². The molecule has 0 heterocycles. The van der Waals surface area contributed by atoms with Crippen LogP contribution < -0.4 is 9.92 Å². The van der Waals surface area contributed by atoms with Crippen molar-refractivity contribution >= 4 is 13.6 Å². The first-order valence-electron chi connectivity index (χ1n) is 7.66. The molecule has 0 aliphatic carbocycles. The molecule has 0 amide bonds. The summed E-state index contributed by atoms with van der Waals surface area (Å²) in [5.41, 5.74) is 1.16. The summed E-state index contributed by atoms with van der Waals surface area (Å²) in [5, 5.41) is 0.131. The standard InChI is InChI=1S/C19H21F3OSi/c1-5-12-19(20,21)17-13-15(8-11-18(17)24(3,4)22)14-6-9-16(23-2)10-7-14/h5-11,13H,1,12H2,2-4H3. The minimum atomic E-state index is -3.39. The average molecular weight is 350 g/mol. The zero-order valence-corrected chi connectivity index (χ0v) is 15.1. The number of benzene rings is 2. The summed E-state index contributed by atoms with van der Waals surface area (Å²) >= 11 is 0. The van der Waals surface area contributed by atoms with E-state index in [1.807, 2.05) is 0 Å². The Bertz CT molecular complexity index is 718. The zero-order chi connectivity index (χ0) is 18.0. The van der Waals surface area contributed by atoms with E-state index in [-0.39, 0.29) is 10.8 Å². The van der Waals surface area contributed by atoms with E-state index in [1.54, 1.807) is 37.4 Å². The van der Waals surface area contributed by atoms with E-state index < -0.39 is 20.8 Å². The van der Waals surface area contributed by atoms with Crippen molar-refractivity contribution in [3.05, 3.63) is 60.7 Å². The average Bonchev–Trinajstić information content (AvgIpc) is 2.53. The first kappa shape index (κ1) is 18.3. The van der Waals surface area contributed by atoms with E-state index in [0.29, 0.717) is 11.3 Å². The molecule has 0 aromatic heterocycles. The lowest BCUT2D eigenvalue weighted by atomic mass is 9.98.